The molecule has 0 bridgehead atoms. The normalized spacial score (nSPS) is 25.0. The van der Waals surface area contributed by atoms with Gasteiger partial charge in [-0.05, 0) is 31.7 Å². The van der Waals surface area contributed by atoms with Crippen molar-refractivity contribution in [3.05, 3.63) is 11.1 Å². The molecule has 22 heavy (non-hydrogen) atoms. The highest BCUT2D eigenvalue weighted by atomic mass is 32.1. The first kappa shape index (κ1) is 15.4. The lowest BCUT2D eigenvalue weighted by atomic mass is 10.0. The zero-order valence-electron chi connectivity index (χ0n) is 12.6. The number of hydrogen-bond donors (Lipinski definition) is 2. The highest BCUT2D eigenvalue weighted by Crippen LogP contribution is 2.26. The fraction of sp³-hybridized carbons (Fsp3) is 0.667. The van der Waals surface area contributed by atoms with Crippen LogP contribution in [0.3, 0.4) is 0 Å². The maximum Gasteiger partial charge on any atom is 0.228 e. The van der Waals surface area contributed by atoms with Crippen LogP contribution in [0, 0.1) is 5.92 Å². The fourth-order valence-electron chi connectivity index (χ4n) is 3.28. The van der Waals surface area contributed by atoms with Crippen LogP contribution in [0.4, 0.5) is 5.13 Å². The molecule has 0 spiro atoms. The van der Waals surface area contributed by atoms with Gasteiger partial charge in [-0.15, -0.1) is 11.3 Å². The second-order valence-corrected chi connectivity index (χ2v) is 6.88. The molecule has 7 heteroatoms. The molecule has 3 N–H and O–H groups in total. The minimum Gasteiger partial charge on any atom is -0.353 e. The fourth-order valence-corrected chi connectivity index (χ4v) is 4.15. The first-order valence-corrected chi connectivity index (χ1v) is 8.79. The first-order chi connectivity index (χ1) is 10.7. The smallest absolute Gasteiger partial charge is 0.228 e. The van der Waals surface area contributed by atoms with Crippen LogP contribution in [0.25, 0.3) is 0 Å². The number of rotatable bonds is 5. The number of hydrogen-bond acceptors (Lipinski definition) is 5. The second kappa shape index (κ2) is 6.75. The maximum absolute atomic E-state index is 12.2. The molecular weight excluding hydrogens is 300 g/mol. The Balaban J connectivity index is 1.55. The van der Waals surface area contributed by atoms with E-state index in [9.17, 15) is 9.59 Å². The van der Waals surface area contributed by atoms with Gasteiger partial charge in [-0.25, -0.2) is 4.98 Å². The number of thiazole rings is 1. The molecule has 0 radical (unpaired) electrons. The molecule has 2 atom stereocenters. The van der Waals surface area contributed by atoms with Crippen molar-refractivity contribution in [3.8, 4) is 0 Å². The molecule has 1 aromatic heterocycles. The molecule has 3 rings (SSSR count). The largest absolute Gasteiger partial charge is 0.353 e. The van der Waals surface area contributed by atoms with E-state index in [2.05, 4.69) is 10.3 Å². The SMILES string of the molecule is NCC1CCCC1NC(=O)Cc1csc(N2CCCC2=O)n1. The molecule has 2 amide bonds. The number of amides is 2. The van der Waals surface area contributed by atoms with Crippen LogP contribution in [0.5, 0.6) is 0 Å². The lowest BCUT2D eigenvalue weighted by Crippen LogP contribution is -2.40. The monoisotopic (exact) mass is 322 g/mol. The second-order valence-electron chi connectivity index (χ2n) is 6.05. The zero-order chi connectivity index (χ0) is 15.5. The molecule has 2 heterocycles. The Hall–Kier alpha value is -1.47. The molecule has 2 unspecified atom stereocenters. The lowest BCUT2D eigenvalue weighted by Gasteiger charge is -2.19. The number of nitrogens with two attached hydrogens (primary N) is 1. The molecule has 0 aromatic carbocycles. The van der Waals surface area contributed by atoms with Crippen LogP contribution in [0.2, 0.25) is 0 Å². The highest BCUT2D eigenvalue weighted by molar-refractivity contribution is 7.14. The Bertz CT molecular complexity index is 559. The van der Waals surface area contributed by atoms with Gasteiger partial charge >= 0.3 is 0 Å². The van der Waals surface area contributed by atoms with Gasteiger partial charge in [-0.1, -0.05) is 6.42 Å². The Morgan fingerprint density at radius 2 is 2.32 bits per heavy atom. The van der Waals surface area contributed by atoms with Crippen LogP contribution < -0.4 is 16.0 Å². The van der Waals surface area contributed by atoms with Gasteiger partial charge in [0.05, 0.1) is 12.1 Å². The molecule has 1 aliphatic carbocycles. The van der Waals surface area contributed by atoms with Crippen molar-refractivity contribution in [3.63, 3.8) is 0 Å². The molecular formula is C15H22N4O2S. The number of anilines is 1. The van der Waals surface area contributed by atoms with E-state index in [0.29, 0.717) is 24.0 Å². The van der Waals surface area contributed by atoms with E-state index >= 15 is 0 Å². The average molecular weight is 322 g/mol. The maximum atomic E-state index is 12.2. The quantitative estimate of drug-likeness (QED) is 0.848. The number of aromatic nitrogens is 1. The number of nitrogens with zero attached hydrogens (tertiary/aromatic N) is 2. The van der Waals surface area contributed by atoms with Gasteiger partial charge in [0, 0.05) is 24.4 Å². The van der Waals surface area contributed by atoms with Gasteiger partial charge in [-0.2, -0.15) is 0 Å². The number of carbonyl (C=O) groups excluding carboxylic acids is 2. The van der Waals surface area contributed by atoms with Crippen LogP contribution >= 0.6 is 11.3 Å². The van der Waals surface area contributed by atoms with E-state index in [1.165, 1.54) is 11.3 Å². The van der Waals surface area contributed by atoms with Gasteiger partial charge in [0.1, 0.15) is 0 Å². The molecule has 6 nitrogen and oxygen atoms in total. The standard InChI is InChI=1S/C15H22N4O2S/c16-8-10-3-1-4-12(10)18-13(20)7-11-9-22-15(17-11)19-6-2-5-14(19)21/h9-10,12H,1-8,16H2,(H,18,20). The van der Waals surface area contributed by atoms with Gasteiger partial charge in [0.15, 0.2) is 5.13 Å². The highest BCUT2D eigenvalue weighted by Gasteiger charge is 2.28. The molecule has 1 saturated heterocycles. The average Bonchev–Trinajstić information content (AvgIpc) is 3.19. The van der Waals surface area contributed by atoms with Crippen LogP contribution in [-0.4, -0.2) is 35.9 Å². The summed E-state index contributed by atoms with van der Waals surface area (Å²) in [5.41, 5.74) is 6.47. The number of carbonyl (C=O) groups is 2. The molecule has 1 aromatic rings. The van der Waals surface area contributed by atoms with Crippen molar-refractivity contribution in [1.29, 1.82) is 0 Å². The summed E-state index contributed by atoms with van der Waals surface area (Å²) >= 11 is 1.43. The summed E-state index contributed by atoms with van der Waals surface area (Å²) < 4.78 is 0. The van der Waals surface area contributed by atoms with Crippen molar-refractivity contribution < 1.29 is 9.59 Å². The Labute approximate surface area is 134 Å². The van der Waals surface area contributed by atoms with E-state index in [1.807, 2.05) is 5.38 Å². The van der Waals surface area contributed by atoms with Gasteiger partial charge < -0.3 is 11.1 Å². The molecule has 2 aliphatic rings. The predicted octanol–water partition coefficient (Wildman–Crippen LogP) is 1.06. The Kier molecular flexibility index (Phi) is 4.73. The first-order valence-electron chi connectivity index (χ1n) is 7.91. The minimum absolute atomic E-state index is 0.00468. The van der Waals surface area contributed by atoms with Crippen molar-refractivity contribution in [1.82, 2.24) is 10.3 Å². The van der Waals surface area contributed by atoms with Crippen LogP contribution in [0.1, 0.15) is 37.8 Å². The third-order valence-corrected chi connectivity index (χ3v) is 5.41. The summed E-state index contributed by atoms with van der Waals surface area (Å²) in [4.78, 5) is 30.0. The summed E-state index contributed by atoms with van der Waals surface area (Å²) in [6, 6.07) is 0.204. The van der Waals surface area contributed by atoms with Crippen molar-refractivity contribution in [2.75, 3.05) is 18.0 Å². The van der Waals surface area contributed by atoms with E-state index in [0.717, 1.165) is 37.9 Å². The topological polar surface area (TPSA) is 88.3 Å². The van der Waals surface area contributed by atoms with E-state index in [-0.39, 0.29) is 24.3 Å². The van der Waals surface area contributed by atoms with Crippen molar-refractivity contribution >= 4 is 28.3 Å². The zero-order valence-corrected chi connectivity index (χ0v) is 13.4. The van der Waals surface area contributed by atoms with Crippen molar-refractivity contribution in [2.24, 2.45) is 11.7 Å². The molecule has 1 saturated carbocycles. The van der Waals surface area contributed by atoms with Gasteiger partial charge in [0.25, 0.3) is 0 Å². The summed E-state index contributed by atoms with van der Waals surface area (Å²) in [5, 5.41) is 5.67. The van der Waals surface area contributed by atoms with Gasteiger partial charge in [-0.3, -0.25) is 14.5 Å². The summed E-state index contributed by atoms with van der Waals surface area (Å²) in [6.07, 6.45) is 4.99. The summed E-state index contributed by atoms with van der Waals surface area (Å²) in [6.45, 7) is 1.36. The summed E-state index contributed by atoms with van der Waals surface area (Å²) in [7, 11) is 0. The predicted molar refractivity (Wildman–Crippen MR) is 85.7 cm³/mol. The Morgan fingerprint density at radius 3 is 3.05 bits per heavy atom. The number of nitrogens with one attached hydrogen (secondary N) is 1. The van der Waals surface area contributed by atoms with Gasteiger partial charge in [0.2, 0.25) is 11.8 Å². The lowest BCUT2D eigenvalue weighted by molar-refractivity contribution is -0.121. The molecule has 1 aliphatic heterocycles. The molecule has 2 fully saturated rings. The summed E-state index contributed by atoms with van der Waals surface area (Å²) in [5.74, 6) is 0.522. The third kappa shape index (κ3) is 3.30. The van der Waals surface area contributed by atoms with E-state index in [1.54, 1.807) is 4.90 Å². The van der Waals surface area contributed by atoms with Crippen LogP contribution in [-0.2, 0) is 16.0 Å². The third-order valence-electron chi connectivity index (χ3n) is 4.49. The van der Waals surface area contributed by atoms with Crippen molar-refractivity contribution in [2.45, 2.75) is 44.6 Å². The van der Waals surface area contributed by atoms with E-state index < -0.39 is 0 Å². The molecule has 120 valence electrons. The van der Waals surface area contributed by atoms with Crippen LogP contribution in [0.15, 0.2) is 5.38 Å². The Morgan fingerprint density at radius 1 is 1.45 bits per heavy atom. The van der Waals surface area contributed by atoms with E-state index in [4.69, 9.17) is 5.73 Å². The minimum atomic E-state index is -0.00468.